The molecule has 0 radical (unpaired) electrons. The van der Waals surface area contributed by atoms with E-state index in [1.807, 2.05) is 0 Å². The van der Waals surface area contributed by atoms with Crippen LogP contribution in [-0.4, -0.2) is 43.9 Å². The van der Waals surface area contributed by atoms with Gasteiger partial charge in [0, 0.05) is 5.56 Å². The van der Waals surface area contributed by atoms with Crippen LogP contribution in [-0.2, 0) is 9.84 Å². The van der Waals surface area contributed by atoms with Crippen molar-refractivity contribution in [1.82, 2.24) is 5.32 Å². The Morgan fingerprint density at radius 1 is 1.32 bits per heavy atom. The third-order valence-corrected chi connectivity index (χ3v) is 5.86. The van der Waals surface area contributed by atoms with Gasteiger partial charge in [-0.1, -0.05) is 13.3 Å². The zero-order chi connectivity index (χ0) is 16.2. The van der Waals surface area contributed by atoms with Crippen LogP contribution in [0.15, 0.2) is 24.3 Å². The lowest BCUT2D eigenvalue weighted by atomic mass is 10.2. The summed E-state index contributed by atoms with van der Waals surface area (Å²) in [6.45, 7) is 2.74. The molecule has 0 unspecified atom stereocenters. The summed E-state index contributed by atoms with van der Waals surface area (Å²) in [6.07, 6.45) is 2.04. The van der Waals surface area contributed by atoms with E-state index in [1.54, 1.807) is 24.3 Å². The van der Waals surface area contributed by atoms with Gasteiger partial charge in [-0.05, 0) is 30.7 Å². The van der Waals surface area contributed by atoms with Gasteiger partial charge in [-0.3, -0.25) is 4.79 Å². The second-order valence-electron chi connectivity index (χ2n) is 5.40. The fourth-order valence-electron chi connectivity index (χ4n) is 2.23. The fourth-order valence-corrected chi connectivity index (χ4v) is 4.78. The van der Waals surface area contributed by atoms with Crippen LogP contribution in [0.1, 0.15) is 30.1 Å². The number of hydrogen-bond donors (Lipinski definition) is 1. The van der Waals surface area contributed by atoms with Gasteiger partial charge in [0.2, 0.25) is 0 Å². The molecule has 1 saturated heterocycles. The molecule has 0 aromatic heterocycles. The highest BCUT2D eigenvalue weighted by atomic mass is 35.5. The topological polar surface area (TPSA) is 72.5 Å². The molecular formula is C15H20ClNO4S. The molecule has 5 nitrogen and oxygen atoms in total. The molecule has 1 aliphatic rings. The highest BCUT2D eigenvalue weighted by Gasteiger charge is 2.37. The lowest BCUT2D eigenvalue weighted by Crippen LogP contribution is -2.40. The van der Waals surface area contributed by atoms with Crippen LogP contribution in [0.4, 0.5) is 0 Å². The largest absolute Gasteiger partial charge is 0.494 e. The van der Waals surface area contributed by atoms with Crippen molar-refractivity contribution in [3.8, 4) is 5.75 Å². The van der Waals surface area contributed by atoms with E-state index in [-0.39, 0.29) is 17.4 Å². The van der Waals surface area contributed by atoms with Gasteiger partial charge in [0.1, 0.15) is 5.75 Å². The number of rotatable bonds is 6. The quantitative estimate of drug-likeness (QED) is 0.632. The van der Waals surface area contributed by atoms with E-state index >= 15 is 0 Å². The van der Waals surface area contributed by atoms with E-state index in [0.29, 0.717) is 17.9 Å². The van der Waals surface area contributed by atoms with Crippen LogP contribution in [0, 0.1) is 0 Å². The second-order valence-corrected chi connectivity index (χ2v) is 8.11. The van der Waals surface area contributed by atoms with E-state index < -0.39 is 21.3 Å². The summed E-state index contributed by atoms with van der Waals surface area (Å²) in [6, 6.07) is 6.23. The smallest absolute Gasteiger partial charge is 0.251 e. The number of carbonyl (C=O) groups excluding carboxylic acids is 1. The molecule has 2 atom stereocenters. The predicted molar refractivity (Wildman–Crippen MR) is 86.4 cm³/mol. The molecule has 22 heavy (non-hydrogen) atoms. The van der Waals surface area contributed by atoms with Crippen molar-refractivity contribution in [2.45, 2.75) is 31.2 Å². The van der Waals surface area contributed by atoms with Gasteiger partial charge in [-0.2, -0.15) is 0 Å². The van der Waals surface area contributed by atoms with E-state index in [4.69, 9.17) is 16.3 Å². The van der Waals surface area contributed by atoms with Gasteiger partial charge >= 0.3 is 0 Å². The zero-order valence-corrected chi connectivity index (χ0v) is 14.0. The monoisotopic (exact) mass is 345 g/mol. The first-order chi connectivity index (χ1) is 10.4. The maximum atomic E-state index is 12.1. The summed E-state index contributed by atoms with van der Waals surface area (Å²) >= 11 is 5.98. The second kappa shape index (κ2) is 7.33. The summed E-state index contributed by atoms with van der Waals surface area (Å²) in [4.78, 5) is 12.1. The van der Waals surface area contributed by atoms with Crippen molar-refractivity contribution in [3.05, 3.63) is 29.8 Å². The van der Waals surface area contributed by atoms with Crippen molar-refractivity contribution in [3.63, 3.8) is 0 Å². The molecule has 0 bridgehead atoms. The van der Waals surface area contributed by atoms with Gasteiger partial charge in [0.25, 0.3) is 5.91 Å². The third-order valence-electron chi connectivity index (χ3n) is 3.48. The molecule has 7 heteroatoms. The minimum atomic E-state index is -3.16. The summed E-state index contributed by atoms with van der Waals surface area (Å²) in [5.74, 6) is 0.186. The first-order valence-electron chi connectivity index (χ1n) is 7.29. The highest BCUT2D eigenvalue weighted by Crippen LogP contribution is 2.19. The Kier molecular flexibility index (Phi) is 5.69. The van der Waals surface area contributed by atoms with Gasteiger partial charge in [-0.15, -0.1) is 11.6 Å². The molecule has 2 rings (SSSR count). The van der Waals surface area contributed by atoms with Crippen LogP contribution < -0.4 is 10.1 Å². The van der Waals surface area contributed by atoms with Crippen LogP contribution >= 0.6 is 11.6 Å². The lowest BCUT2D eigenvalue weighted by Gasteiger charge is -2.14. The van der Waals surface area contributed by atoms with E-state index in [0.717, 1.165) is 12.8 Å². The van der Waals surface area contributed by atoms with Crippen molar-refractivity contribution < 1.29 is 17.9 Å². The number of unbranched alkanes of at least 4 members (excludes halogenated alkanes) is 1. The summed E-state index contributed by atoms with van der Waals surface area (Å²) in [5, 5.41) is 2.10. The maximum Gasteiger partial charge on any atom is 0.251 e. The van der Waals surface area contributed by atoms with Gasteiger partial charge in [0.05, 0.1) is 29.5 Å². The van der Waals surface area contributed by atoms with Crippen LogP contribution in [0.2, 0.25) is 0 Å². The number of carbonyl (C=O) groups is 1. The Morgan fingerprint density at radius 3 is 2.55 bits per heavy atom. The molecule has 1 aliphatic heterocycles. The Bertz CT molecular complexity index is 615. The van der Waals surface area contributed by atoms with E-state index in [2.05, 4.69) is 12.2 Å². The Labute approximate surface area is 135 Å². The summed E-state index contributed by atoms with van der Waals surface area (Å²) < 4.78 is 28.5. The summed E-state index contributed by atoms with van der Waals surface area (Å²) in [7, 11) is -3.16. The third kappa shape index (κ3) is 4.61. The predicted octanol–water partition coefficient (Wildman–Crippen LogP) is 2.00. The average molecular weight is 346 g/mol. The molecule has 1 fully saturated rings. The van der Waals surface area contributed by atoms with Crippen molar-refractivity contribution in [1.29, 1.82) is 0 Å². The number of hydrogen-bond acceptors (Lipinski definition) is 4. The molecule has 0 saturated carbocycles. The molecule has 1 heterocycles. The average Bonchev–Trinajstić information content (AvgIpc) is 2.72. The van der Waals surface area contributed by atoms with E-state index in [9.17, 15) is 13.2 Å². The van der Waals surface area contributed by atoms with Gasteiger partial charge in [-0.25, -0.2) is 8.42 Å². The van der Waals surface area contributed by atoms with E-state index in [1.165, 1.54) is 0 Å². The lowest BCUT2D eigenvalue weighted by molar-refractivity contribution is 0.0941. The number of benzene rings is 1. The van der Waals surface area contributed by atoms with Crippen LogP contribution in [0.3, 0.4) is 0 Å². The molecule has 0 aliphatic carbocycles. The number of sulfone groups is 1. The molecule has 0 spiro atoms. The van der Waals surface area contributed by atoms with Crippen molar-refractivity contribution in [2.75, 3.05) is 18.1 Å². The van der Waals surface area contributed by atoms with Crippen molar-refractivity contribution >= 4 is 27.3 Å². The maximum absolute atomic E-state index is 12.1. The summed E-state index contributed by atoms with van der Waals surface area (Å²) in [5.41, 5.74) is 0.455. The number of nitrogens with one attached hydrogen (secondary N) is 1. The number of halogens is 1. The zero-order valence-electron chi connectivity index (χ0n) is 12.4. The minimum Gasteiger partial charge on any atom is -0.494 e. The van der Waals surface area contributed by atoms with Crippen molar-refractivity contribution in [2.24, 2.45) is 0 Å². The van der Waals surface area contributed by atoms with Crippen LogP contribution in [0.25, 0.3) is 0 Å². The molecule has 122 valence electrons. The number of alkyl halides is 1. The van der Waals surface area contributed by atoms with Crippen LogP contribution in [0.5, 0.6) is 5.75 Å². The minimum absolute atomic E-state index is 0.0935. The molecule has 1 amide bonds. The first-order valence-corrected chi connectivity index (χ1v) is 9.55. The molecule has 1 N–H and O–H groups in total. The molecule has 1 aromatic carbocycles. The van der Waals surface area contributed by atoms with Gasteiger partial charge < -0.3 is 10.1 Å². The Morgan fingerprint density at radius 2 is 2.00 bits per heavy atom. The Hall–Kier alpha value is -1.27. The Balaban J connectivity index is 1.93. The first kappa shape index (κ1) is 17.1. The molecular weight excluding hydrogens is 326 g/mol. The SMILES string of the molecule is CCCCOc1ccc(C(=O)N[C@H]2CS(=O)(=O)C[C@H]2Cl)cc1. The molecule has 1 aromatic rings. The number of amides is 1. The highest BCUT2D eigenvalue weighted by molar-refractivity contribution is 7.91. The normalized spacial score (nSPS) is 23.2. The number of ether oxygens (including phenoxy) is 1. The van der Waals surface area contributed by atoms with Gasteiger partial charge in [0.15, 0.2) is 9.84 Å². The standard InChI is InChI=1S/C15H20ClNO4S/c1-2-3-8-21-12-6-4-11(5-7-12)15(18)17-14-10-22(19,20)9-13(14)16/h4-7,13-14H,2-3,8-10H2,1H3,(H,17,18)/t13-,14+/m1/s1. The fraction of sp³-hybridized carbons (Fsp3) is 0.533.